The van der Waals surface area contributed by atoms with E-state index in [0.717, 1.165) is 28.9 Å². The number of aliphatic hydroxyl groups excluding tert-OH is 3. The number of benzene rings is 1. The topological polar surface area (TPSA) is 492 Å². The molecule has 124 heavy (non-hydrogen) atoms. The van der Waals surface area contributed by atoms with Crippen LogP contribution < -0.4 is 22.5 Å². The molecular formula is C87H132N14O23. The van der Waals surface area contributed by atoms with Crippen LogP contribution in [-0.2, 0) is 105 Å². The first-order valence-electron chi connectivity index (χ1n) is 43.5. The molecule has 5 aromatic rings. The zero-order valence-corrected chi connectivity index (χ0v) is 73.1. The number of hydrogen-bond donors (Lipinski definition) is 8. The molecule has 2 saturated heterocycles. The van der Waals surface area contributed by atoms with Crippen molar-refractivity contribution in [2.75, 3.05) is 144 Å². The van der Waals surface area contributed by atoms with Crippen LogP contribution >= 0.6 is 0 Å². The van der Waals surface area contributed by atoms with Gasteiger partial charge in [-0.05, 0) is 132 Å². The number of carbonyl (C=O) groups excluding carboxylic acids is 5. The van der Waals surface area contributed by atoms with Crippen molar-refractivity contribution in [1.82, 2.24) is 49.9 Å². The smallest absolute Gasteiger partial charge is 0.329 e. The molecule has 15 atom stereocenters. The van der Waals surface area contributed by atoms with Crippen molar-refractivity contribution in [3.63, 3.8) is 0 Å². The van der Waals surface area contributed by atoms with Crippen molar-refractivity contribution < 1.29 is 110 Å². The number of fused-ring (bicyclic) bond motifs is 5. The monoisotopic (exact) mass is 1740 g/mol. The zero-order chi connectivity index (χ0) is 88.9. The number of hydrogen-bond acceptors (Lipinski definition) is 33. The molecule has 2 amide bonds. The summed E-state index contributed by atoms with van der Waals surface area (Å²) < 4.78 is 78.1. The lowest BCUT2D eigenvalue weighted by Gasteiger charge is -2.42. The molecule has 3 fully saturated rings. The average molecular weight is 1740 g/mol. The fourth-order valence-electron chi connectivity index (χ4n) is 15.6. The molecule has 7 heterocycles. The summed E-state index contributed by atoms with van der Waals surface area (Å²) in [5.74, 6) is -8.22. The Bertz CT molecular complexity index is 4290. The molecule has 688 valence electrons. The molecule has 4 aromatic heterocycles. The minimum absolute atomic E-state index is 0.0163. The van der Waals surface area contributed by atoms with Crippen LogP contribution in [0.2, 0.25) is 0 Å². The molecule has 0 unspecified atom stereocenters. The van der Waals surface area contributed by atoms with Crippen molar-refractivity contribution in [1.29, 1.82) is 0 Å². The number of ether oxygens (including phenoxy) is 12. The first kappa shape index (κ1) is 99.3. The number of amides is 2. The van der Waals surface area contributed by atoms with Crippen LogP contribution in [0, 0.1) is 29.6 Å². The molecule has 9 rings (SSSR count). The predicted molar refractivity (Wildman–Crippen MR) is 457 cm³/mol. The first-order valence-corrected chi connectivity index (χ1v) is 43.5. The van der Waals surface area contributed by atoms with Crippen LogP contribution in [0.25, 0.3) is 33.4 Å². The van der Waals surface area contributed by atoms with Crippen molar-refractivity contribution in [3.8, 4) is 11.3 Å². The molecule has 0 spiro atoms. The molecule has 2 bridgehead atoms. The van der Waals surface area contributed by atoms with Crippen LogP contribution in [0.4, 0.5) is 11.8 Å². The predicted octanol–water partition coefficient (Wildman–Crippen LogP) is 6.04. The number of ketones is 2. The van der Waals surface area contributed by atoms with Crippen LogP contribution in [0.1, 0.15) is 144 Å². The number of anilines is 2. The molecule has 3 aliphatic heterocycles. The highest BCUT2D eigenvalue weighted by atomic mass is 16.6. The van der Waals surface area contributed by atoms with Crippen molar-refractivity contribution in [3.05, 3.63) is 84.0 Å². The fraction of sp³-hybridized carbons (Fsp3) is 0.678. The summed E-state index contributed by atoms with van der Waals surface area (Å²) in [6, 6.07) is 3.42. The van der Waals surface area contributed by atoms with E-state index >= 15 is 0 Å². The van der Waals surface area contributed by atoms with Crippen molar-refractivity contribution >= 4 is 69.0 Å². The number of nitrogens with two attached hydrogens (primary N) is 3. The van der Waals surface area contributed by atoms with Gasteiger partial charge in [0.1, 0.15) is 53.4 Å². The molecule has 11 N–H and O–H groups in total. The van der Waals surface area contributed by atoms with Gasteiger partial charge in [0, 0.05) is 82.5 Å². The van der Waals surface area contributed by atoms with E-state index in [1.807, 2.05) is 56.4 Å². The normalized spacial score (nSPS) is 27.2. The molecule has 0 radical (unpaired) electrons. The number of piperidine rings is 1. The Kier molecular flexibility index (Phi) is 41.6. The summed E-state index contributed by atoms with van der Waals surface area (Å²) in [5, 5.41) is 67.7. The van der Waals surface area contributed by atoms with Gasteiger partial charge in [-0.2, -0.15) is 10.1 Å². The molecule has 37 heteroatoms. The maximum absolute atomic E-state index is 15.0. The number of Topliss-reactive ketones (excluding diaryl/α,β-unsaturated/α-hetero) is 2. The first-order chi connectivity index (χ1) is 59.8. The van der Waals surface area contributed by atoms with E-state index in [1.165, 1.54) is 13.4 Å². The standard InChI is InChI=1S/C87H132N14O23/c1-56-16-10-9-11-17-57(2)72(111-7)51-65-22-19-61(6)87(110,124-65)81(107)84(108)100-27-14-12-18-69(100)85(109)122-73(66(88)48-62-20-23-70(102)74(49-62)112-8)52-67(58(3)47-60(5)79(105)80(106)78(104)59(4)46-56)97-121-54-64-53-99(98-95-64)29-31-114-33-35-116-37-39-118-41-43-120-45-44-119-42-40-117-38-36-115-34-32-113-30-25-75(103)91-26-13-15-28-101-83-76(82(89)92-55-93-83)77(96-101)63-21-24-71-68(50-63)94-86(90)123-71/h9-11,16-17,21,24,47,50,53,55-56,58-59,61-62,65-66,69-70,72-74,79-80,102,105-106,110H,12-15,18-20,22-23,25-46,48-49,51-52,54,88H2,1-8H3,(H2,90,94)(H,91,103)(H2,89,92,93)/b11-9+,16-10+,57-17+,60-47+,97-67-/t56-,58-,59-,61-,62+,65+,66-,69+,70-,72+,73+,74-,79-,80+,87-/m1/s1. The third-order valence-corrected chi connectivity index (χ3v) is 22.9. The number of methoxy groups -OCH3 is 2. The number of oxime groups is 1. The highest BCUT2D eigenvalue weighted by molar-refractivity contribution is 6.39. The number of aromatic nitrogens is 8. The Morgan fingerprint density at radius 3 is 2.10 bits per heavy atom. The van der Waals surface area contributed by atoms with E-state index in [1.54, 1.807) is 62.5 Å². The van der Waals surface area contributed by atoms with Gasteiger partial charge in [-0.1, -0.05) is 74.5 Å². The molecule has 1 saturated carbocycles. The summed E-state index contributed by atoms with van der Waals surface area (Å²) in [4.78, 5) is 90.5. The van der Waals surface area contributed by atoms with Crippen molar-refractivity contribution in [2.45, 2.75) is 218 Å². The van der Waals surface area contributed by atoms with Gasteiger partial charge in [-0.25, -0.2) is 24.1 Å². The third-order valence-electron chi connectivity index (χ3n) is 22.9. The minimum Gasteiger partial charge on any atom is -0.459 e. The largest absolute Gasteiger partial charge is 0.459 e. The zero-order valence-electron chi connectivity index (χ0n) is 73.1. The number of unbranched alkanes of at least 4 members (excludes halogenated alkanes) is 1. The average Bonchev–Trinajstić information content (AvgIpc) is 1.73. The van der Waals surface area contributed by atoms with E-state index in [9.17, 15) is 44.4 Å². The number of rotatable bonds is 41. The SMILES string of the molecule is CO[C@H]1C[C@@H]2CC[C@@H](C)[C@@](O)(O2)C(=O)C(=O)N2CCCC[C@H]2C(=O)O[C@H]([C@H](N)C[C@@H]2CC[C@@H](O)[C@H](OC)C2)C/C(=N/OCc2cn(CCOCCOCCOCCOCCOCCOCCOCCOCCC(=O)NCCCCn3nc(-c4ccc5oc(N)nc5c4)c4c(N)ncnc43)nn2)[C@H](C)/C=C(\C)[C@@H](O)[C@@H](O)C(=O)[C@H](C)C[C@H](C)/C=C/C=C/C=C/1C. The Labute approximate surface area is 724 Å². The Morgan fingerprint density at radius 1 is 0.750 bits per heavy atom. The summed E-state index contributed by atoms with van der Waals surface area (Å²) in [6.45, 7) is 17.7. The lowest BCUT2D eigenvalue weighted by molar-refractivity contribution is -0.265. The number of aliphatic hydroxyl groups is 4. The van der Waals surface area contributed by atoms with E-state index in [4.69, 9.17) is 88.4 Å². The van der Waals surface area contributed by atoms with Crippen LogP contribution in [-0.4, -0.2) is 294 Å². The van der Waals surface area contributed by atoms with E-state index < -0.39 is 102 Å². The fourth-order valence-corrected chi connectivity index (χ4v) is 15.6. The van der Waals surface area contributed by atoms with Gasteiger partial charge in [-0.3, -0.25) is 19.2 Å². The Morgan fingerprint density at radius 2 is 1.43 bits per heavy atom. The number of allylic oxidation sites excluding steroid dienone is 6. The second kappa shape index (κ2) is 52.0. The van der Waals surface area contributed by atoms with E-state index in [-0.39, 0.29) is 80.5 Å². The maximum Gasteiger partial charge on any atom is 0.329 e. The molecule has 1 aromatic carbocycles. The summed E-state index contributed by atoms with van der Waals surface area (Å²) in [7, 11) is 3.10. The Hall–Kier alpha value is -8.48. The molecule has 37 nitrogen and oxygen atoms in total. The number of nitrogen functional groups attached to an aromatic ring is 2. The van der Waals surface area contributed by atoms with E-state index in [0.29, 0.717) is 216 Å². The summed E-state index contributed by atoms with van der Waals surface area (Å²) in [6.07, 6.45) is 13.3. The van der Waals surface area contributed by atoms with Crippen LogP contribution in [0.3, 0.4) is 0 Å². The number of aryl methyl sites for hydroxylation is 1. The number of oxazole rings is 1. The van der Waals surface area contributed by atoms with Crippen molar-refractivity contribution in [2.24, 2.45) is 40.5 Å². The lowest BCUT2D eigenvalue weighted by atomic mass is 9.80. The molecular weight excluding hydrogens is 1610 g/mol. The number of esters is 1. The van der Waals surface area contributed by atoms with Gasteiger partial charge in [0.25, 0.3) is 17.7 Å². The highest BCUT2D eigenvalue weighted by Crippen LogP contribution is 2.39. The number of carbonyl (C=O) groups is 5. The minimum atomic E-state index is -2.51. The summed E-state index contributed by atoms with van der Waals surface area (Å²) >= 11 is 0. The second-order valence-electron chi connectivity index (χ2n) is 32.4. The van der Waals surface area contributed by atoms with Gasteiger partial charge >= 0.3 is 5.97 Å². The van der Waals surface area contributed by atoms with Gasteiger partial charge in [0.2, 0.25) is 11.7 Å². The quantitative estimate of drug-likeness (QED) is 0.00726. The maximum atomic E-state index is 15.0. The summed E-state index contributed by atoms with van der Waals surface area (Å²) in [5.41, 5.74) is 24.2. The highest BCUT2D eigenvalue weighted by Gasteiger charge is 2.53. The number of cyclic esters (lactones) is 1. The third kappa shape index (κ3) is 30.7. The van der Waals surface area contributed by atoms with Gasteiger partial charge < -0.3 is 114 Å². The number of nitrogens with zero attached hydrogens (tertiary/aromatic N) is 10. The van der Waals surface area contributed by atoms with Gasteiger partial charge in [0.05, 0.1) is 154 Å². The van der Waals surface area contributed by atoms with Gasteiger partial charge in [-0.15, -0.1) is 5.10 Å². The van der Waals surface area contributed by atoms with Crippen LogP contribution in [0.15, 0.2) is 87.9 Å². The molecule has 4 aliphatic rings. The van der Waals surface area contributed by atoms with Gasteiger partial charge in [0.15, 0.2) is 23.6 Å². The Balaban J connectivity index is 0.654. The lowest BCUT2D eigenvalue weighted by Crippen LogP contribution is -2.61. The van der Waals surface area contributed by atoms with Crippen LogP contribution in [0.5, 0.6) is 0 Å². The second-order valence-corrected chi connectivity index (χ2v) is 32.4. The number of nitrogens with one attached hydrogen (secondary N) is 1. The van der Waals surface area contributed by atoms with E-state index in [2.05, 4.69) is 35.7 Å². The molecule has 1 aliphatic carbocycles.